The average Bonchev–Trinajstić information content (AvgIpc) is 2.62. The molecule has 30 heavy (non-hydrogen) atoms. The Labute approximate surface area is 179 Å². The third-order valence-corrected chi connectivity index (χ3v) is 4.84. The summed E-state index contributed by atoms with van der Waals surface area (Å²) in [7, 11) is 0. The minimum absolute atomic E-state index is 0.241. The van der Waals surface area contributed by atoms with Crippen LogP contribution >= 0.6 is 0 Å². The van der Waals surface area contributed by atoms with Gasteiger partial charge in [0.05, 0.1) is 12.0 Å². The van der Waals surface area contributed by atoms with Gasteiger partial charge in [-0.1, -0.05) is 31.0 Å². The van der Waals surface area contributed by atoms with Gasteiger partial charge >= 0.3 is 11.6 Å². The quantitative estimate of drug-likeness (QED) is 0.419. The number of ether oxygens (including phenoxy) is 2. The summed E-state index contributed by atoms with van der Waals surface area (Å²) in [6.07, 6.45) is 2.49. The first kappa shape index (κ1) is 23.9. The molecule has 0 aliphatic carbocycles. The van der Waals surface area contributed by atoms with Gasteiger partial charge in [0.2, 0.25) is 0 Å². The van der Waals surface area contributed by atoms with Gasteiger partial charge in [0, 0.05) is 19.1 Å². The van der Waals surface area contributed by atoms with Crippen LogP contribution in [0.2, 0.25) is 0 Å². The third-order valence-electron chi connectivity index (χ3n) is 4.84. The number of carbonyl (C=O) groups excluding carboxylic acids is 1. The molecule has 0 spiro atoms. The van der Waals surface area contributed by atoms with Crippen LogP contribution in [0.5, 0.6) is 5.75 Å². The van der Waals surface area contributed by atoms with E-state index in [1.165, 1.54) is 0 Å². The summed E-state index contributed by atoms with van der Waals surface area (Å²) in [5, 5.41) is 0. The third kappa shape index (κ3) is 6.05. The molecular formula is C25H34O5. The van der Waals surface area contributed by atoms with E-state index in [0.717, 1.165) is 35.1 Å². The summed E-state index contributed by atoms with van der Waals surface area (Å²) in [4.78, 5) is 25.6. The molecule has 0 atom stereocenters. The van der Waals surface area contributed by atoms with Crippen molar-refractivity contribution in [1.29, 1.82) is 0 Å². The van der Waals surface area contributed by atoms with Crippen LogP contribution in [0, 0.1) is 26.2 Å². The van der Waals surface area contributed by atoms with E-state index in [1.807, 2.05) is 32.9 Å². The van der Waals surface area contributed by atoms with Crippen molar-refractivity contribution in [3.8, 4) is 16.9 Å². The van der Waals surface area contributed by atoms with Gasteiger partial charge in [0.1, 0.15) is 17.1 Å². The smallest absolute Gasteiger partial charge is 0.347 e. The average molecular weight is 415 g/mol. The predicted octanol–water partition coefficient (Wildman–Crippen LogP) is 5.54. The Balaban J connectivity index is 2.50. The molecule has 5 nitrogen and oxygen atoms in total. The lowest BCUT2D eigenvalue weighted by atomic mass is 9.94. The number of hydrogen-bond acceptors (Lipinski definition) is 5. The number of esters is 1. The van der Waals surface area contributed by atoms with E-state index < -0.39 is 17.0 Å². The Hall–Kier alpha value is -2.40. The number of unbranched alkanes of at least 4 members (excludes halogenated alkanes) is 1. The van der Waals surface area contributed by atoms with E-state index >= 15 is 0 Å². The molecule has 0 saturated carbocycles. The van der Waals surface area contributed by atoms with E-state index in [9.17, 15) is 9.59 Å². The first-order chi connectivity index (χ1) is 14.0. The van der Waals surface area contributed by atoms with Crippen LogP contribution in [0.3, 0.4) is 0 Å². The van der Waals surface area contributed by atoms with Gasteiger partial charge in [0.25, 0.3) is 0 Å². The van der Waals surface area contributed by atoms with Crippen LogP contribution in [0.1, 0.15) is 63.0 Å². The second-order valence-electron chi connectivity index (χ2n) is 8.87. The summed E-state index contributed by atoms with van der Waals surface area (Å²) in [6, 6.07) is 5.67. The van der Waals surface area contributed by atoms with Crippen molar-refractivity contribution in [2.45, 2.75) is 67.7 Å². The van der Waals surface area contributed by atoms with Crippen LogP contribution in [-0.4, -0.2) is 19.2 Å². The van der Waals surface area contributed by atoms with Crippen molar-refractivity contribution in [2.24, 2.45) is 5.41 Å². The lowest BCUT2D eigenvalue weighted by molar-refractivity contribution is -0.142. The number of benzene rings is 1. The fourth-order valence-electron chi connectivity index (χ4n) is 3.30. The summed E-state index contributed by atoms with van der Waals surface area (Å²) in [6.45, 7) is 14.5. The Bertz CT molecular complexity index is 924. The van der Waals surface area contributed by atoms with Crippen molar-refractivity contribution >= 4 is 5.97 Å². The molecule has 0 bridgehead atoms. The van der Waals surface area contributed by atoms with Crippen molar-refractivity contribution in [1.82, 2.24) is 0 Å². The highest BCUT2D eigenvalue weighted by molar-refractivity contribution is 5.82. The minimum Gasteiger partial charge on any atom is -0.427 e. The molecule has 0 fully saturated rings. The zero-order valence-electron chi connectivity index (χ0n) is 19.3. The normalized spacial score (nSPS) is 11.6. The molecule has 0 radical (unpaired) electrons. The van der Waals surface area contributed by atoms with Crippen molar-refractivity contribution in [2.75, 3.05) is 13.2 Å². The molecule has 164 valence electrons. The molecule has 0 saturated heterocycles. The number of hydrogen-bond donors (Lipinski definition) is 0. The van der Waals surface area contributed by atoms with Crippen LogP contribution < -0.4 is 10.4 Å². The molecular weight excluding hydrogens is 380 g/mol. The van der Waals surface area contributed by atoms with E-state index in [-0.39, 0.29) is 5.75 Å². The van der Waals surface area contributed by atoms with Gasteiger partial charge in [-0.3, -0.25) is 4.79 Å². The second kappa shape index (κ2) is 10.1. The van der Waals surface area contributed by atoms with E-state index in [0.29, 0.717) is 31.0 Å². The summed E-state index contributed by atoms with van der Waals surface area (Å²) in [5.74, 6) is 0.283. The standard InChI is InChI=1S/C25H34O5/c1-8-9-11-28-12-10-19-15-20(30-24(27)25(5,6)7)22(23(26)29-19)21-17(3)13-16(2)14-18(21)4/h13-15H,8-12H2,1-7H3. The van der Waals surface area contributed by atoms with Gasteiger partial charge < -0.3 is 13.9 Å². The van der Waals surface area contributed by atoms with E-state index in [2.05, 4.69) is 6.92 Å². The Morgan fingerprint density at radius 3 is 2.20 bits per heavy atom. The van der Waals surface area contributed by atoms with Gasteiger partial charge in [-0.25, -0.2) is 4.79 Å². The van der Waals surface area contributed by atoms with Crippen LogP contribution in [0.4, 0.5) is 0 Å². The highest BCUT2D eigenvalue weighted by Crippen LogP contribution is 2.34. The monoisotopic (exact) mass is 414 g/mol. The topological polar surface area (TPSA) is 65.7 Å². The molecule has 1 heterocycles. The minimum atomic E-state index is -0.700. The fourth-order valence-corrected chi connectivity index (χ4v) is 3.30. The van der Waals surface area contributed by atoms with Crippen LogP contribution in [0.25, 0.3) is 11.1 Å². The van der Waals surface area contributed by atoms with Crippen molar-refractivity contribution < 1.29 is 18.7 Å². The highest BCUT2D eigenvalue weighted by atomic mass is 16.5. The molecule has 2 aromatic rings. The lowest BCUT2D eigenvalue weighted by Gasteiger charge is -2.19. The number of aryl methyl sites for hydroxylation is 3. The van der Waals surface area contributed by atoms with Crippen LogP contribution in [-0.2, 0) is 16.0 Å². The van der Waals surface area contributed by atoms with Gasteiger partial charge in [-0.2, -0.15) is 0 Å². The SMILES string of the molecule is CCCCOCCc1cc(OC(=O)C(C)(C)C)c(-c2c(C)cc(C)cc2C)c(=O)o1. The maximum atomic E-state index is 13.0. The lowest BCUT2D eigenvalue weighted by Crippen LogP contribution is -2.26. The van der Waals surface area contributed by atoms with Crippen molar-refractivity contribution in [3.63, 3.8) is 0 Å². The van der Waals surface area contributed by atoms with Gasteiger partial charge in [-0.05, 0) is 64.7 Å². The largest absolute Gasteiger partial charge is 0.427 e. The number of rotatable bonds is 8. The van der Waals surface area contributed by atoms with E-state index in [1.54, 1.807) is 26.8 Å². The zero-order chi connectivity index (χ0) is 22.5. The summed E-state index contributed by atoms with van der Waals surface area (Å²) >= 11 is 0. The number of carbonyl (C=O) groups is 1. The maximum Gasteiger partial charge on any atom is 0.347 e. The van der Waals surface area contributed by atoms with Crippen molar-refractivity contribution in [3.05, 3.63) is 51.1 Å². The highest BCUT2D eigenvalue weighted by Gasteiger charge is 2.27. The maximum absolute atomic E-state index is 13.0. The van der Waals surface area contributed by atoms with Gasteiger partial charge in [0.15, 0.2) is 0 Å². The summed E-state index contributed by atoms with van der Waals surface area (Å²) < 4.78 is 16.9. The second-order valence-corrected chi connectivity index (χ2v) is 8.87. The van der Waals surface area contributed by atoms with Gasteiger partial charge in [-0.15, -0.1) is 0 Å². The molecule has 2 rings (SSSR count). The molecule has 0 aliphatic heterocycles. The molecule has 1 aromatic heterocycles. The zero-order valence-corrected chi connectivity index (χ0v) is 19.3. The first-order valence-corrected chi connectivity index (χ1v) is 10.6. The molecule has 1 aromatic carbocycles. The molecule has 0 N–H and O–H groups in total. The first-order valence-electron chi connectivity index (χ1n) is 10.6. The fraction of sp³-hybridized carbons (Fsp3) is 0.520. The Kier molecular flexibility index (Phi) is 8.02. The Morgan fingerprint density at radius 2 is 1.63 bits per heavy atom. The predicted molar refractivity (Wildman–Crippen MR) is 119 cm³/mol. The van der Waals surface area contributed by atoms with E-state index in [4.69, 9.17) is 13.9 Å². The molecule has 0 amide bonds. The van der Waals surface area contributed by atoms with Crippen LogP contribution in [0.15, 0.2) is 27.4 Å². The Morgan fingerprint density at radius 1 is 1.00 bits per heavy atom. The molecule has 0 unspecified atom stereocenters. The molecule has 5 heteroatoms. The molecule has 0 aliphatic rings. The summed E-state index contributed by atoms with van der Waals surface area (Å²) in [5.41, 5.74) is 2.80.